The molecular weight excluding hydrogens is 188 g/mol. The number of ether oxygens (including phenoxy) is 2. The van der Waals surface area contributed by atoms with Crippen LogP contribution in [0.1, 0.15) is 32.6 Å². The molecule has 2 heteroatoms. The molecule has 0 unspecified atom stereocenters. The molecule has 0 saturated heterocycles. The van der Waals surface area contributed by atoms with Crippen molar-refractivity contribution in [2.75, 3.05) is 13.9 Å². The van der Waals surface area contributed by atoms with Crippen LogP contribution in [-0.4, -0.2) is 20.0 Å². The van der Waals surface area contributed by atoms with Crippen molar-refractivity contribution in [3.05, 3.63) is 12.7 Å². The van der Waals surface area contributed by atoms with Crippen LogP contribution in [0.4, 0.5) is 0 Å². The molecule has 0 bridgehead atoms. The molecule has 0 saturated carbocycles. The van der Waals surface area contributed by atoms with Crippen LogP contribution in [0.15, 0.2) is 12.7 Å². The summed E-state index contributed by atoms with van der Waals surface area (Å²) in [6, 6.07) is 0. The lowest BCUT2D eigenvalue weighted by atomic mass is 9.95. The molecule has 0 fully saturated rings. The van der Waals surface area contributed by atoms with Crippen LogP contribution < -0.4 is 0 Å². The summed E-state index contributed by atoms with van der Waals surface area (Å²) >= 11 is 0. The average Bonchev–Trinajstić information content (AvgIpc) is 2.27. The normalized spacial score (nSPS) is 14.2. The van der Waals surface area contributed by atoms with E-state index in [0.29, 0.717) is 6.79 Å². The van der Waals surface area contributed by atoms with Crippen molar-refractivity contribution >= 4 is 0 Å². The first-order valence-corrected chi connectivity index (χ1v) is 5.47. The van der Waals surface area contributed by atoms with E-state index in [1.54, 1.807) is 7.11 Å². The molecule has 0 rings (SSSR count). The maximum atomic E-state index is 5.59. The summed E-state index contributed by atoms with van der Waals surface area (Å²) in [7, 11) is 1.62. The molecule has 0 radical (unpaired) electrons. The molecule has 0 spiro atoms. The Labute approximate surface area is 93.7 Å². The first-order valence-electron chi connectivity index (χ1n) is 5.47. The minimum atomic E-state index is 0.0906. The lowest BCUT2D eigenvalue weighted by Crippen LogP contribution is -2.23. The second-order valence-electron chi connectivity index (χ2n) is 3.55. The molecule has 0 aromatic rings. The van der Waals surface area contributed by atoms with Gasteiger partial charge in [-0.1, -0.05) is 25.8 Å². The van der Waals surface area contributed by atoms with Gasteiger partial charge in [0.2, 0.25) is 0 Å². The van der Waals surface area contributed by atoms with Gasteiger partial charge in [-0.3, -0.25) is 0 Å². The Hall–Kier alpha value is -0.780. The van der Waals surface area contributed by atoms with E-state index in [9.17, 15) is 0 Å². The number of methoxy groups -OCH3 is 1. The van der Waals surface area contributed by atoms with Crippen LogP contribution in [0.5, 0.6) is 0 Å². The van der Waals surface area contributed by atoms with Crippen LogP contribution in [0.25, 0.3) is 0 Å². The highest BCUT2D eigenvalue weighted by Crippen LogP contribution is 2.18. The maximum Gasteiger partial charge on any atom is 0.146 e. The quantitative estimate of drug-likeness (QED) is 0.331. The smallest absolute Gasteiger partial charge is 0.146 e. The van der Waals surface area contributed by atoms with Gasteiger partial charge < -0.3 is 9.47 Å². The first kappa shape index (κ1) is 14.2. The number of hydrogen-bond acceptors (Lipinski definition) is 2. The van der Waals surface area contributed by atoms with Crippen LogP contribution >= 0.6 is 0 Å². The molecule has 0 heterocycles. The van der Waals surface area contributed by atoms with Crippen molar-refractivity contribution in [3.8, 4) is 12.3 Å². The second kappa shape index (κ2) is 9.76. The van der Waals surface area contributed by atoms with Gasteiger partial charge in [0, 0.05) is 13.0 Å². The fourth-order valence-corrected chi connectivity index (χ4v) is 1.47. The monoisotopic (exact) mass is 210 g/mol. The third-order valence-corrected chi connectivity index (χ3v) is 2.33. The fourth-order valence-electron chi connectivity index (χ4n) is 1.47. The minimum absolute atomic E-state index is 0.0906. The Bertz CT molecular complexity index is 185. The highest BCUT2D eigenvalue weighted by molar-refractivity contribution is 5.00. The van der Waals surface area contributed by atoms with Crippen molar-refractivity contribution in [2.24, 2.45) is 5.92 Å². The number of allylic oxidation sites excluding steroid dienone is 1. The number of rotatable bonds is 9. The van der Waals surface area contributed by atoms with Crippen LogP contribution in [-0.2, 0) is 9.47 Å². The molecular formula is C13H22O2. The molecule has 15 heavy (non-hydrogen) atoms. The van der Waals surface area contributed by atoms with E-state index < -0.39 is 0 Å². The lowest BCUT2D eigenvalue weighted by molar-refractivity contribution is -0.0864. The molecule has 0 aromatic carbocycles. The van der Waals surface area contributed by atoms with Crippen molar-refractivity contribution < 1.29 is 9.47 Å². The van der Waals surface area contributed by atoms with Gasteiger partial charge in [-0.2, -0.15) is 0 Å². The van der Waals surface area contributed by atoms with E-state index in [1.807, 2.05) is 6.08 Å². The fraction of sp³-hybridized carbons (Fsp3) is 0.692. The predicted octanol–water partition coefficient (Wildman–Crippen LogP) is 2.99. The van der Waals surface area contributed by atoms with Crippen LogP contribution in [0.2, 0.25) is 0 Å². The van der Waals surface area contributed by atoms with Gasteiger partial charge in [-0.05, 0) is 12.8 Å². The van der Waals surface area contributed by atoms with E-state index in [4.69, 9.17) is 15.9 Å². The summed E-state index contributed by atoms with van der Waals surface area (Å²) in [5, 5.41) is 0. The summed E-state index contributed by atoms with van der Waals surface area (Å²) in [5.41, 5.74) is 0. The largest absolute Gasteiger partial charge is 0.359 e. The maximum absolute atomic E-state index is 5.59. The van der Waals surface area contributed by atoms with Crippen molar-refractivity contribution in [1.29, 1.82) is 0 Å². The summed E-state index contributed by atoms with van der Waals surface area (Å²) in [6.45, 7) is 6.18. The van der Waals surface area contributed by atoms with Crippen LogP contribution in [0, 0.1) is 18.3 Å². The Kier molecular flexibility index (Phi) is 9.26. The predicted molar refractivity (Wildman–Crippen MR) is 63.4 cm³/mol. The molecule has 2 nitrogen and oxygen atoms in total. The summed E-state index contributed by atoms with van der Waals surface area (Å²) < 4.78 is 10.5. The molecule has 0 N–H and O–H groups in total. The first-order chi connectivity index (χ1) is 7.29. The van der Waals surface area contributed by atoms with E-state index >= 15 is 0 Å². The van der Waals surface area contributed by atoms with Gasteiger partial charge in [0.15, 0.2) is 0 Å². The van der Waals surface area contributed by atoms with E-state index in [0.717, 1.165) is 25.7 Å². The van der Waals surface area contributed by atoms with Gasteiger partial charge in [-0.15, -0.1) is 18.9 Å². The number of terminal acetylenes is 1. The molecule has 0 aliphatic carbocycles. The van der Waals surface area contributed by atoms with E-state index in [1.165, 1.54) is 0 Å². The van der Waals surface area contributed by atoms with Gasteiger partial charge >= 0.3 is 0 Å². The summed E-state index contributed by atoms with van der Waals surface area (Å²) in [5.74, 6) is 2.88. The van der Waals surface area contributed by atoms with Crippen molar-refractivity contribution in [2.45, 2.75) is 38.7 Å². The van der Waals surface area contributed by atoms with Gasteiger partial charge in [0.1, 0.15) is 6.79 Å². The Morgan fingerprint density at radius 3 is 2.73 bits per heavy atom. The Morgan fingerprint density at radius 2 is 2.27 bits per heavy atom. The zero-order chi connectivity index (χ0) is 11.5. The van der Waals surface area contributed by atoms with Gasteiger partial charge in [0.05, 0.1) is 6.10 Å². The molecule has 86 valence electrons. The number of unbranched alkanes of at least 4 members (excludes halogenated alkanes) is 1. The summed E-state index contributed by atoms with van der Waals surface area (Å²) in [6.07, 6.45) is 11.5. The second-order valence-corrected chi connectivity index (χ2v) is 3.55. The SMILES string of the molecule is C#C[C@H](CC=C)[C@@H](CCCC)OCOC. The molecule has 0 amide bonds. The van der Waals surface area contributed by atoms with Gasteiger partial charge in [0.25, 0.3) is 0 Å². The molecule has 0 aliphatic rings. The minimum Gasteiger partial charge on any atom is -0.359 e. The Morgan fingerprint density at radius 1 is 1.53 bits per heavy atom. The third kappa shape index (κ3) is 6.33. The molecule has 0 aliphatic heterocycles. The average molecular weight is 210 g/mol. The highest BCUT2D eigenvalue weighted by atomic mass is 16.7. The van der Waals surface area contributed by atoms with Crippen molar-refractivity contribution in [3.63, 3.8) is 0 Å². The van der Waals surface area contributed by atoms with Gasteiger partial charge in [-0.25, -0.2) is 0 Å². The van der Waals surface area contributed by atoms with Crippen molar-refractivity contribution in [1.82, 2.24) is 0 Å². The van der Waals surface area contributed by atoms with E-state index in [-0.39, 0.29) is 12.0 Å². The molecule has 2 atom stereocenters. The molecule has 0 aromatic heterocycles. The topological polar surface area (TPSA) is 18.5 Å². The zero-order valence-corrected chi connectivity index (χ0v) is 9.87. The third-order valence-electron chi connectivity index (χ3n) is 2.33. The summed E-state index contributed by atoms with van der Waals surface area (Å²) in [4.78, 5) is 0. The van der Waals surface area contributed by atoms with E-state index in [2.05, 4.69) is 19.4 Å². The Balaban J connectivity index is 4.16. The zero-order valence-electron chi connectivity index (χ0n) is 9.87. The standard InChI is InChI=1S/C13H22O2/c1-5-8-10-13(15-11-14-4)12(7-3)9-6-2/h3,6,12-13H,2,5,8-11H2,1,4H3/t12-,13-/m1/s1. The van der Waals surface area contributed by atoms with Crippen LogP contribution in [0.3, 0.4) is 0 Å². The highest BCUT2D eigenvalue weighted by Gasteiger charge is 2.18. The number of hydrogen-bond donors (Lipinski definition) is 0. The lowest BCUT2D eigenvalue weighted by Gasteiger charge is -2.22.